The van der Waals surface area contributed by atoms with E-state index in [9.17, 15) is 4.39 Å². The highest BCUT2D eigenvalue weighted by Gasteiger charge is 2.06. The lowest BCUT2D eigenvalue weighted by atomic mass is 10.3. The largest absolute Gasteiger partial charge is 0.465 e. The molecule has 72 valence electrons. The second-order valence-corrected chi connectivity index (χ2v) is 3.21. The van der Waals surface area contributed by atoms with Gasteiger partial charge in [-0.05, 0) is 22.0 Å². The Labute approximate surface area is 83.8 Å². The lowest BCUT2D eigenvalue weighted by Crippen LogP contribution is -2.02. The number of anilines is 1. The number of hydrogen-bond acceptors (Lipinski definition) is 3. The molecule has 0 saturated carbocycles. The molecule has 0 fully saturated rings. The Hall–Kier alpha value is -0.810. The Balaban J connectivity index is 2.88. The monoisotopic (exact) mass is 249 g/mol. The number of rotatable bonds is 3. The lowest BCUT2D eigenvalue weighted by molar-refractivity contribution is 0.0514. The van der Waals surface area contributed by atoms with Crippen LogP contribution in [0.3, 0.4) is 0 Å². The summed E-state index contributed by atoms with van der Waals surface area (Å²) in [5.74, 6) is -0.136. The van der Waals surface area contributed by atoms with E-state index in [0.29, 0.717) is 10.2 Å². The van der Waals surface area contributed by atoms with Crippen molar-refractivity contribution in [3.05, 3.63) is 22.4 Å². The average Bonchev–Trinajstić information content (AvgIpc) is 2.09. The fourth-order valence-electron chi connectivity index (χ4n) is 0.791. The van der Waals surface area contributed by atoms with Crippen molar-refractivity contribution in [2.24, 2.45) is 0 Å². The highest BCUT2D eigenvalue weighted by atomic mass is 79.9. The third-order valence-corrected chi connectivity index (χ3v) is 1.99. The highest BCUT2D eigenvalue weighted by molar-refractivity contribution is 9.10. The van der Waals surface area contributed by atoms with Gasteiger partial charge in [0.1, 0.15) is 11.6 Å². The summed E-state index contributed by atoms with van der Waals surface area (Å²) in [7, 11) is 1.48. The minimum atomic E-state index is -0.416. The first-order chi connectivity index (χ1) is 6.15. The van der Waals surface area contributed by atoms with Crippen LogP contribution in [0.5, 0.6) is 5.75 Å². The average molecular weight is 250 g/mol. The van der Waals surface area contributed by atoms with Gasteiger partial charge < -0.3 is 15.2 Å². The third-order valence-electron chi connectivity index (χ3n) is 1.38. The Morgan fingerprint density at radius 1 is 1.54 bits per heavy atom. The van der Waals surface area contributed by atoms with Crippen molar-refractivity contribution in [2.45, 2.75) is 0 Å². The van der Waals surface area contributed by atoms with E-state index < -0.39 is 5.82 Å². The molecule has 0 radical (unpaired) electrons. The molecule has 0 saturated heterocycles. The maximum atomic E-state index is 13.0. The smallest absolute Gasteiger partial charge is 0.188 e. The van der Waals surface area contributed by atoms with Crippen molar-refractivity contribution < 1.29 is 13.9 Å². The molecule has 0 aliphatic heterocycles. The van der Waals surface area contributed by atoms with Crippen molar-refractivity contribution in [1.29, 1.82) is 0 Å². The van der Waals surface area contributed by atoms with Crippen LogP contribution in [0.25, 0.3) is 0 Å². The summed E-state index contributed by atoms with van der Waals surface area (Å²) in [6.07, 6.45) is 0. The number of ether oxygens (including phenoxy) is 2. The molecule has 13 heavy (non-hydrogen) atoms. The number of benzene rings is 1. The summed E-state index contributed by atoms with van der Waals surface area (Å²) in [4.78, 5) is 0. The van der Waals surface area contributed by atoms with Gasteiger partial charge in [-0.25, -0.2) is 4.39 Å². The van der Waals surface area contributed by atoms with Gasteiger partial charge in [-0.1, -0.05) is 0 Å². The number of halogens is 2. The van der Waals surface area contributed by atoms with Gasteiger partial charge in [0.25, 0.3) is 0 Å². The summed E-state index contributed by atoms with van der Waals surface area (Å²) in [6, 6.07) is 2.65. The topological polar surface area (TPSA) is 44.5 Å². The Morgan fingerprint density at radius 3 is 2.85 bits per heavy atom. The first kappa shape index (κ1) is 10.3. The number of nitrogen functional groups attached to an aromatic ring is 1. The zero-order valence-corrected chi connectivity index (χ0v) is 8.60. The van der Waals surface area contributed by atoms with E-state index in [1.807, 2.05) is 0 Å². The Morgan fingerprint density at radius 2 is 2.23 bits per heavy atom. The molecule has 0 heterocycles. The maximum Gasteiger partial charge on any atom is 0.188 e. The molecule has 0 unspecified atom stereocenters. The molecule has 1 aromatic rings. The molecule has 0 spiro atoms. The molecule has 1 aromatic carbocycles. The van der Waals surface area contributed by atoms with Crippen molar-refractivity contribution in [3.63, 3.8) is 0 Å². The van der Waals surface area contributed by atoms with Gasteiger partial charge in [-0.15, -0.1) is 0 Å². The van der Waals surface area contributed by atoms with Gasteiger partial charge >= 0.3 is 0 Å². The molecular weight excluding hydrogens is 241 g/mol. The molecule has 2 N–H and O–H groups in total. The van der Waals surface area contributed by atoms with Gasteiger partial charge in [0, 0.05) is 13.2 Å². The van der Waals surface area contributed by atoms with Crippen LogP contribution in [-0.4, -0.2) is 13.9 Å². The van der Waals surface area contributed by atoms with Gasteiger partial charge in [-0.2, -0.15) is 0 Å². The van der Waals surface area contributed by atoms with Crippen LogP contribution in [-0.2, 0) is 4.74 Å². The first-order valence-electron chi connectivity index (χ1n) is 3.51. The second kappa shape index (κ2) is 4.43. The van der Waals surface area contributed by atoms with Crippen LogP contribution in [0.1, 0.15) is 0 Å². The first-order valence-corrected chi connectivity index (χ1v) is 4.30. The van der Waals surface area contributed by atoms with Crippen LogP contribution in [0.15, 0.2) is 16.6 Å². The standard InChI is InChI=1S/C8H9BrFNO2/c1-12-4-13-8-3-6(10)5(9)2-7(8)11/h2-3H,4,11H2,1H3. The van der Waals surface area contributed by atoms with E-state index >= 15 is 0 Å². The van der Waals surface area contributed by atoms with Crippen LogP contribution >= 0.6 is 15.9 Å². The molecular formula is C8H9BrFNO2. The predicted octanol–water partition coefficient (Wildman–Crippen LogP) is 2.15. The Kier molecular flexibility index (Phi) is 3.50. The molecule has 3 nitrogen and oxygen atoms in total. The van der Waals surface area contributed by atoms with Crippen molar-refractivity contribution >= 4 is 21.6 Å². The maximum absolute atomic E-state index is 13.0. The SMILES string of the molecule is COCOc1cc(F)c(Br)cc1N. The predicted molar refractivity (Wildman–Crippen MR) is 51.0 cm³/mol. The van der Waals surface area contributed by atoms with Gasteiger partial charge in [-0.3, -0.25) is 0 Å². The summed E-state index contributed by atoms with van der Waals surface area (Å²) < 4.78 is 23.0. The molecule has 0 atom stereocenters. The minimum Gasteiger partial charge on any atom is -0.465 e. The Bertz CT molecular complexity index is 306. The lowest BCUT2D eigenvalue weighted by Gasteiger charge is -2.08. The molecule has 0 amide bonds. The van der Waals surface area contributed by atoms with Crippen LogP contribution < -0.4 is 10.5 Å². The molecule has 0 aliphatic rings. The zero-order valence-electron chi connectivity index (χ0n) is 7.01. The summed E-state index contributed by atoms with van der Waals surface area (Å²) in [5, 5.41) is 0. The summed E-state index contributed by atoms with van der Waals surface area (Å²) in [5.41, 5.74) is 5.92. The molecule has 0 aliphatic carbocycles. The van der Waals surface area contributed by atoms with Gasteiger partial charge in [0.2, 0.25) is 0 Å². The molecule has 1 rings (SSSR count). The fourth-order valence-corrected chi connectivity index (χ4v) is 1.15. The van der Waals surface area contributed by atoms with Gasteiger partial charge in [0.05, 0.1) is 10.2 Å². The summed E-state index contributed by atoms with van der Waals surface area (Å²) >= 11 is 3.01. The number of hydrogen-bond donors (Lipinski definition) is 1. The second-order valence-electron chi connectivity index (χ2n) is 2.36. The zero-order chi connectivity index (χ0) is 9.84. The van der Waals surface area contributed by atoms with E-state index in [-0.39, 0.29) is 12.5 Å². The molecule has 5 heteroatoms. The minimum absolute atomic E-state index is 0.0469. The van der Waals surface area contributed by atoms with Crippen LogP contribution in [0, 0.1) is 5.82 Å². The normalized spacial score (nSPS) is 10.1. The van der Waals surface area contributed by atoms with E-state index in [0.717, 1.165) is 0 Å². The van der Waals surface area contributed by atoms with E-state index in [1.54, 1.807) is 0 Å². The number of nitrogens with two attached hydrogens (primary N) is 1. The summed E-state index contributed by atoms with van der Waals surface area (Å²) in [6.45, 7) is 0.0469. The van der Waals surface area contributed by atoms with Crippen LogP contribution in [0.2, 0.25) is 0 Å². The quantitative estimate of drug-likeness (QED) is 0.660. The van der Waals surface area contributed by atoms with Crippen molar-refractivity contribution in [2.75, 3.05) is 19.6 Å². The van der Waals surface area contributed by atoms with Crippen LogP contribution in [0.4, 0.5) is 10.1 Å². The van der Waals surface area contributed by atoms with E-state index in [2.05, 4.69) is 20.7 Å². The fraction of sp³-hybridized carbons (Fsp3) is 0.250. The van der Waals surface area contributed by atoms with E-state index in [1.165, 1.54) is 19.2 Å². The molecule has 0 bridgehead atoms. The third kappa shape index (κ3) is 2.57. The van der Waals surface area contributed by atoms with Gasteiger partial charge in [0.15, 0.2) is 6.79 Å². The van der Waals surface area contributed by atoms with Crippen molar-refractivity contribution in [1.82, 2.24) is 0 Å². The highest BCUT2D eigenvalue weighted by Crippen LogP contribution is 2.28. The van der Waals surface area contributed by atoms with E-state index in [4.69, 9.17) is 10.5 Å². The molecule has 0 aromatic heterocycles. The number of methoxy groups -OCH3 is 1. The van der Waals surface area contributed by atoms with Crippen molar-refractivity contribution in [3.8, 4) is 5.75 Å².